The Hall–Kier alpha value is -4.13. The van der Waals surface area contributed by atoms with Crippen molar-refractivity contribution in [3.05, 3.63) is 102 Å². The molecular formula is C27H26N4O3. The number of nitrogens with zero attached hydrogens (tertiary/aromatic N) is 3. The summed E-state index contributed by atoms with van der Waals surface area (Å²) < 4.78 is 7.04. The number of aromatic nitrogens is 2. The molecule has 2 amide bonds. The molecule has 0 saturated carbocycles. The molecule has 1 N–H and O–H groups in total. The van der Waals surface area contributed by atoms with Crippen LogP contribution >= 0.6 is 0 Å². The van der Waals surface area contributed by atoms with Crippen LogP contribution < -0.4 is 5.32 Å². The van der Waals surface area contributed by atoms with Gasteiger partial charge in [0.1, 0.15) is 5.69 Å². The quantitative estimate of drug-likeness (QED) is 0.473. The van der Waals surface area contributed by atoms with E-state index in [2.05, 4.69) is 5.32 Å². The molecule has 0 unspecified atom stereocenters. The maximum atomic E-state index is 13.3. The molecule has 4 aromatic rings. The first-order chi connectivity index (χ1) is 16.7. The third kappa shape index (κ3) is 4.78. The molecule has 1 aliphatic heterocycles. The van der Waals surface area contributed by atoms with Gasteiger partial charge in [-0.15, -0.1) is 0 Å². The third-order valence-electron chi connectivity index (χ3n) is 6.09. The minimum absolute atomic E-state index is 0.00533. The Kier molecular flexibility index (Phi) is 6.25. The minimum atomic E-state index is -0.144. The van der Waals surface area contributed by atoms with E-state index in [0.29, 0.717) is 49.5 Å². The van der Waals surface area contributed by atoms with Crippen LogP contribution in [0.3, 0.4) is 0 Å². The summed E-state index contributed by atoms with van der Waals surface area (Å²) in [4.78, 5) is 27.6. The van der Waals surface area contributed by atoms with Gasteiger partial charge in [-0.25, -0.2) is 0 Å². The molecule has 7 nitrogen and oxygen atoms in total. The van der Waals surface area contributed by atoms with Crippen molar-refractivity contribution in [1.82, 2.24) is 20.0 Å². The number of hydrogen-bond acceptors (Lipinski definition) is 4. The van der Waals surface area contributed by atoms with Crippen LogP contribution in [-0.2, 0) is 6.54 Å². The van der Waals surface area contributed by atoms with Crippen molar-refractivity contribution in [2.75, 3.05) is 13.1 Å². The molecule has 1 saturated heterocycles. The summed E-state index contributed by atoms with van der Waals surface area (Å²) in [6, 6.07) is 23.2. The third-order valence-corrected chi connectivity index (χ3v) is 6.09. The standard InChI is InChI=1S/C27H26N4O3/c32-26(28-22-13-15-30(16-14-22)27(33)24-12-7-17-34-24)23-19-31(18-20-8-3-1-4-9-20)29-25(23)21-10-5-2-6-11-21/h1-12,17,19,22H,13-16,18H2,(H,28,32). The van der Waals surface area contributed by atoms with Crippen molar-refractivity contribution in [3.8, 4) is 11.3 Å². The molecular weight excluding hydrogens is 428 g/mol. The Morgan fingerprint density at radius 1 is 0.941 bits per heavy atom. The molecule has 3 heterocycles. The van der Waals surface area contributed by atoms with Gasteiger partial charge in [0.15, 0.2) is 5.76 Å². The van der Waals surface area contributed by atoms with Gasteiger partial charge in [0.05, 0.1) is 18.4 Å². The molecule has 0 spiro atoms. The molecule has 2 aromatic carbocycles. The molecule has 1 fully saturated rings. The minimum Gasteiger partial charge on any atom is -0.459 e. The number of carbonyl (C=O) groups is 2. The number of likely N-dealkylation sites (tertiary alicyclic amines) is 1. The summed E-state index contributed by atoms with van der Waals surface area (Å²) in [5.74, 6) is 0.0955. The summed E-state index contributed by atoms with van der Waals surface area (Å²) in [7, 11) is 0. The van der Waals surface area contributed by atoms with E-state index in [0.717, 1.165) is 11.1 Å². The van der Waals surface area contributed by atoms with Crippen LogP contribution in [0.1, 0.15) is 39.3 Å². The smallest absolute Gasteiger partial charge is 0.289 e. The van der Waals surface area contributed by atoms with Crippen LogP contribution in [0, 0.1) is 0 Å². The normalized spacial score (nSPS) is 14.2. The van der Waals surface area contributed by atoms with E-state index < -0.39 is 0 Å². The predicted molar refractivity (Wildman–Crippen MR) is 128 cm³/mol. The van der Waals surface area contributed by atoms with E-state index >= 15 is 0 Å². The van der Waals surface area contributed by atoms with Crippen LogP contribution in [0.25, 0.3) is 11.3 Å². The molecule has 0 radical (unpaired) electrons. The lowest BCUT2D eigenvalue weighted by atomic mass is 10.0. The number of amides is 2. The van der Waals surface area contributed by atoms with Crippen LogP contribution in [0.4, 0.5) is 0 Å². The highest BCUT2D eigenvalue weighted by Gasteiger charge is 2.27. The number of hydrogen-bond donors (Lipinski definition) is 1. The summed E-state index contributed by atoms with van der Waals surface area (Å²) in [5, 5.41) is 7.91. The van der Waals surface area contributed by atoms with Gasteiger partial charge in [-0.2, -0.15) is 5.10 Å². The second kappa shape index (κ2) is 9.79. The zero-order valence-electron chi connectivity index (χ0n) is 18.8. The van der Waals surface area contributed by atoms with E-state index in [-0.39, 0.29) is 17.9 Å². The van der Waals surface area contributed by atoms with Crippen molar-refractivity contribution in [3.63, 3.8) is 0 Å². The average Bonchev–Trinajstić information content (AvgIpc) is 3.56. The molecule has 7 heteroatoms. The predicted octanol–water partition coefficient (Wildman–Crippen LogP) is 4.23. The van der Waals surface area contributed by atoms with Gasteiger partial charge < -0.3 is 14.6 Å². The number of nitrogens with one attached hydrogen (secondary N) is 1. The van der Waals surface area contributed by atoms with Crippen molar-refractivity contribution >= 4 is 11.8 Å². The van der Waals surface area contributed by atoms with E-state index in [1.165, 1.54) is 6.26 Å². The number of piperidine rings is 1. The Bertz CT molecular complexity index is 1240. The topological polar surface area (TPSA) is 80.4 Å². The SMILES string of the molecule is O=C(NC1CCN(C(=O)c2ccco2)CC1)c1cn(Cc2ccccc2)nc1-c1ccccc1. The number of rotatable bonds is 6. The van der Waals surface area contributed by atoms with Crippen molar-refractivity contribution in [1.29, 1.82) is 0 Å². The van der Waals surface area contributed by atoms with Gasteiger partial charge in [0.25, 0.3) is 11.8 Å². The zero-order valence-corrected chi connectivity index (χ0v) is 18.8. The summed E-state index contributed by atoms with van der Waals surface area (Å²) in [6.45, 7) is 1.73. The lowest BCUT2D eigenvalue weighted by molar-refractivity contribution is 0.0667. The van der Waals surface area contributed by atoms with Gasteiger partial charge >= 0.3 is 0 Å². The van der Waals surface area contributed by atoms with Crippen LogP contribution in [0.2, 0.25) is 0 Å². The molecule has 5 rings (SSSR count). The molecule has 0 atom stereocenters. The Morgan fingerprint density at radius 3 is 2.32 bits per heavy atom. The molecule has 1 aliphatic rings. The van der Waals surface area contributed by atoms with Crippen LogP contribution in [0.5, 0.6) is 0 Å². The highest BCUT2D eigenvalue weighted by molar-refractivity contribution is 6.00. The first-order valence-electron chi connectivity index (χ1n) is 11.5. The van der Waals surface area contributed by atoms with Gasteiger partial charge in [-0.05, 0) is 30.5 Å². The monoisotopic (exact) mass is 454 g/mol. The highest BCUT2D eigenvalue weighted by atomic mass is 16.3. The first kappa shape index (κ1) is 21.7. The van der Waals surface area contributed by atoms with E-state index in [1.54, 1.807) is 17.0 Å². The fraction of sp³-hybridized carbons (Fsp3) is 0.222. The maximum Gasteiger partial charge on any atom is 0.289 e. The van der Waals surface area contributed by atoms with Gasteiger partial charge in [0.2, 0.25) is 0 Å². The summed E-state index contributed by atoms with van der Waals surface area (Å²) in [5.41, 5.74) is 3.24. The zero-order chi connectivity index (χ0) is 23.3. The second-order valence-corrected chi connectivity index (χ2v) is 8.46. The maximum absolute atomic E-state index is 13.3. The number of carbonyl (C=O) groups excluding carboxylic acids is 2. The van der Waals surface area contributed by atoms with E-state index in [9.17, 15) is 9.59 Å². The molecule has 0 bridgehead atoms. The second-order valence-electron chi connectivity index (χ2n) is 8.46. The van der Waals surface area contributed by atoms with Gasteiger partial charge in [-0.1, -0.05) is 60.7 Å². The molecule has 172 valence electrons. The van der Waals surface area contributed by atoms with Crippen LogP contribution in [-0.4, -0.2) is 45.6 Å². The first-order valence-corrected chi connectivity index (χ1v) is 11.5. The largest absolute Gasteiger partial charge is 0.459 e. The Morgan fingerprint density at radius 2 is 1.65 bits per heavy atom. The molecule has 0 aliphatic carbocycles. The summed E-state index contributed by atoms with van der Waals surface area (Å²) in [6.07, 6.45) is 4.71. The molecule has 2 aromatic heterocycles. The Balaban J connectivity index is 1.29. The molecule has 34 heavy (non-hydrogen) atoms. The number of furan rings is 1. The van der Waals surface area contributed by atoms with Crippen molar-refractivity contribution in [2.45, 2.75) is 25.4 Å². The van der Waals surface area contributed by atoms with Gasteiger partial charge in [-0.3, -0.25) is 14.3 Å². The van der Waals surface area contributed by atoms with Gasteiger partial charge in [0, 0.05) is 30.9 Å². The van der Waals surface area contributed by atoms with Crippen LogP contribution in [0.15, 0.2) is 89.7 Å². The fourth-order valence-electron chi connectivity index (χ4n) is 4.29. The van der Waals surface area contributed by atoms with E-state index in [4.69, 9.17) is 9.52 Å². The summed E-state index contributed by atoms with van der Waals surface area (Å²) >= 11 is 0. The number of benzene rings is 2. The van der Waals surface area contributed by atoms with Crippen molar-refractivity contribution in [2.24, 2.45) is 0 Å². The van der Waals surface area contributed by atoms with E-state index in [1.807, 2.05) is 71.5 Å². The highest BCUT2D eigenvalue weighted by Crippen LogP contribution is 2.23. The average molecular weight is 455 g/mol. The van der Waals surface area contributed by atoms with Crippen molar-refractivity contribution < 1.29 is 14.0 Å². The Labute approximate surface area is 198 Å². The lowest BCUT2D eigenvalue weighted by Gasteiger charge is -2.31. The fourth-order valence-corrected chi connectivity index (χ4v) is 4.29. The lowest BCUT2D eigenvalue weighted by Crippen LogP contribution is -2.46.